The van der Waals surface area contributed by atoms with E-state index in [2.05, 4.69) is 25.5 Å². The first-order chi connectivity index (χ1) is 11.2. The molecule has 3 aliphatic heterocycles. The van der Waals surface area contributed by atoms with Gasteiger partial charge in [0.05, 0.1) is 5.92 Å². The summed E-state index contributed by atoms with van der Waals surface area (Å²) in [6, 6.07) is 0. The largest absolute Gasteiger partial charge is 0.341 e. The lowest BCUT2D eigenvalue weighted by Crippen LogP contribution is -2.58. The van der Waals surface area contributed by atoms with Gasteiger partial charge in [-0.3, -0.25) is 14.9 Å². The standard InChI is InChI=1S/C16H21N5O2/c22-13-2-1-12(14(23)20-13)11-7-18-15(19-8-11)21-5-3-16(4-6-21)9-17-10-16/h7-8,12,17H,1-6,9-10H2,(H,20,22,23). The van der Waals surface area contributed by atoms with Crippen LogP contribution in [-0.4, -0.2) is 48.0 Å². The molecular formula is C16H21N5O2. The monoisotopic (exact) mass is 315 g/mol. The number of piperidine rings is 2. The van der Waals surface area contributed by atoms with Crippen molar-refractivity contribution in [2.24, 2.45) is 5.41 Å². The van der Waals surface area contributed by atoms with Gasteiger partial charge in [-0.1, -0.05) is 0 Å². The summed E-state index contributed by atoms with van der Waals surface area (Å²) in [6.45, 7) is 4.24. The first-order valence-corrected chi connectivity index (χ1v) is 8.27. The van der Waals surface area contributed by atoms with E-state index in [1.165, 1.54) is 12.8 Å². The summed E-state index contributed by atoms with van der Waals surface area (Å²) in [5.41, 5.74) is 1.29. The van der Waals surface area contributed by atoms with Crippen LogP contribution < -0.4 is 15.5 Å². The van der Waals surface area contributed by atoms with E-state index in [9.17, 15) is 9.59 Å². The van der Waals surface area contributed by atoms with Gasteiger partial charge in [-0.15, -0.1) is 0 Å². The van der Waals surface area contributed by atoms with Crippen molar-refractivity contribution in [3.8, 4) is 0 Å². The van der Waals surface area contributed by atoms with Gasteiger partial charge in [0.2, 0.25) is 17.8 Å². The van der Waals surface area contributed by atoms with Gasteiger partial charge in [0.25, 0.3) is 0 Å². The van der Waals surface area contributed by atoms with Crippen LogP contribution in [0, 0.1) is 5.41 Å². The summed E-state index contributed by atoms with van der Waals surface area (Å²) in [7, 11) is 0. The summed E-state index contributed by atoms with van der Waals surface area (Å²) in [6.07, 6.45) is 6.73. The van der Waals surface area contributed by atoms with Crippen LogP contribution in [-0.2, 0) is 9.59 Å². The minimum Gasteiger partial charge on any atom is -0.341 e. The Morgan fingerprint density at radius 3 is 2.39 bits per heavy atom. The van der Waals surface area contributed by atoms with Crippen LogP contribution >= 0.6 is 0 Å². The van der Waals surface area contributed by atoms with Crippen LogP contribution in [0.15, 0.2) is 12.4 Å². The maximum Gasteiger partial charge on any atom is 0.234 e. The van der Waals surface area contributed by atoms with Gasteiger partial charge in [-0.25, -0.2) is 9.97 Å². The molecule has 0 aromatic carbocycles. The average Bonchev–Trinajstić information content (AvgIpc) is 2.54. The Morgan fingerprint density at radius 2 is 1.83 bits per heavy atom. The zero-order chi connectivity index (χ0) is 15.9. The Kier molecular flexibility index (Phi) is 3.52. The molecule has 3 saturated heterocycles. The van der Waals surface area contributed by atoms with Crippen LogP contribution in [0.4, 0.5) is 5.95 Å². The maximum absolute atomic E-state index is 11.9. The third-order valence-electron chi connectivity index (χ3n) is 5.41. The molecule has 3 aliphatic rings. The van der Waals surface area contributed by atoms with E-state index in [-0.39, 0.29) is 17.7 Å². The van der Waals surface area contributed by atoms with E-state index in [0.717, 1.165) is 37.7 Å². The molecule has 2 amide bonds. The van der Waals surface area contributed by atoms with E-state index in [1.807, 2.05) is 0 Å². The number of carbonyl (C=O) groups excluding carboxylic acids is 2. The van der Waals surface area contributed by atoms with E-state index in [1.54, 1.807) is 12.4 Å². The molecule has 122 valence electrons. The lowest BCUT2D eigenvalue weighted by molar-refractivity contribution is -0.134. The highest BCUT2D eigenvalue weighted by molar-refractivity contribution is 6.00. The summed E-state index contributed by atoms with van der Waals surface area (Å²) in [5, 5.41) is 5.74. The van der Waals surface area contributed by atoms with Crippen molar-refractivity contribution in [1.29, 1.82) is 0 Å². The molecule has 0 aliphatic carbocycles. The maximum atomic E-state index is 11.9. The Morgan fingerprint density at radius 1 is 1.13 bits per heavy atom. The molecule has 1 aromatic rings. The van der Waals surface area contributed by atoms with Crippen molar-refractivity contribution in [3.05, 3.63) is 18.0 Å². The van der Waals surface area contributed by atoms with Crippen molar-refractivity contribution in [1.82, 2.24) is 20.6 Å². The van der Waals surface area contributed by atoms with Crippen LogP contribution in [0.3, 0.4) is 0 Å². The van der Waals surface area contributed by atoms with Crippen molar-refractivity contribution in [3.63, 3.8) is 0 Å². The van der Waals surface area contributed by atoms with Crippen molar-refractivity contribution in [2.75, 3.05) is 31.1 Å². The Labute approximate surface area is 134 Å². The van der Waals surface area contributed by atoms with Crippen LogP contribution in [0.25, 0.3) is 0 Å². The number of hydrogen-bond acceptors (Lipinski definition) is 6. The molecule has 2 N–H and O–H groups in total. The van der Waals surface area contributed by atoms with E-state index < -0.39 is 0 Å². The Bertz CT molecular complexity index is 616. The van der Waals surface area contributed by atoms with Gasteiger partial charge in [-0.05, 0) is 24.7 Å². The van der Waals surface area contributed by atoms with Gasteiger partial charge < -0.3 is 10.2 Å². The van der Waals surface area contributed by atoms with Crippen molar-refractivity contribution in [2.45, 2.75) is 31.6 Å². The van der Waals surface area contributed by atoms with Crippen LogP contribution in [0.2, 0.25) is 0 Å². The highest BCUT2D eigenvalue weighted by Gasteiger charge is 2.40. The molecule has 4 heterocycles. The molecule has 4 rings (SSSR count). The Hall–Kier alpha value is -2.02. The Balaban J connectivity index is 1.42. The fourth-order valence-electron chi connectivity index (χ4n) is 3.70. The number of aromatic nitrogens is 2. The lowest BCUT2D eigenvalue weighted by atomic mass is 9.73. The highest BCUT2D eigenvalue weighted by Crippen LogP contribution is 2.35. The van der Waals surface area contributed by atoms with Crippen LogP contribution in [0.5, 0.6) is 0 Å². The molecule has 7 heteroatoms. The average molecular weight is 315 g/mol. The smallest absolute Gasteiger partial charge is 0.234 e. The van der Waals surface area contributed by atoms with Gasteiger partial charge in [0.1, 0.15) is 0 Å². The molecular weight excluding hydrogens is 294 g/mol. The fraction of sp³-hybridized carbons (Fsp3) is 0.625. The molecule has 7 nitrogen and oxygen atoms in total. The minimum atomic E-state index is -0.313. The topological polar surface area (TPSA) is 87.2 Å². The van der Waals surface area contributed by atoms with Gasteiger partial charge in [-0.2, -0.15) is 0 Å². The second kappa shape index (κ2) is 5.56. The predicted molar refractivity (Wildman–Crippen MR) is 83.9 cm³/mol. The zero-order valence-electron chi connectivity index (χ0n) is 13.0. The molecule has 0 bridgehead atoms. The number of anilines is 1. The van der Waals surface area contributed by atoms with Crippen molar-refractivity contribution >= 4 is 17.8 Å². The first kappa shape index (κ1) is 14.6. The SMILES string of the molecule is O=C1CCC(c2cnc(N3CCC4(CC3)CNC4)nc2)C(=O)N1. The van der Waals surface area contributed by atoms with E-state index >= 15 is 0 Å². The molecule has 1 unspecified atom stereocenters. The summed E-state index contributed by atoms with van der Waals surface area (Å²) >= 11 is 0. The molecule has 1 aromatic heterocycles. The van der Waals surface area contributed by atoms with Gasteiger partial charge >= 0.3 is 0 Å². The number of imide groups is 1. The summed E-state index contributed by atoms with van der Waals surface area (Å²) in [5.74, 6) is -0.0119. The second-order valence-corrected chi connectivity index (χ2v) is 6.91. The summed E-state index contributed by atoms with van der Waals surface area (Å²) in [4.78, 5) is 34.3. The number of nitrogens with zero attached hydrogens (tertiary/aromatic N) is 3. The fourth-order valence-corrected chi connectivity index (χ4v) is 3.70. The quantitative estimate of drug-likeness (QED) is 0.758. The predicted octanol–water partition coefficient (Wildman–Crippen LogP) is 0.187. The first-order valence-electron chi connectivity index (χ1n) is 8.27. The molecule has 3 fully saturated rings. The van der Waals surface area contributed by atoms with E-state index in [0.29, 0.717) is 18.3 Å². The zero-order valence-corrected chi connectivity index (χ0v) is 13.0. The normalized spacial score (nSPS) is 26.8. The number of hydrogen-bond donors (Lipinski definition) is 2. The number of nitrogens with one attached hydrogen (secondary N) is 2. The highest BCUT2D eigenvalue weighted by atomic mass is 16.2. The molecule has 1 spiro atoms. The van der Waals surface area contributed by atoms with Gasteiger partial charge in [0, 0.05) is 50.6 Å². The molecule has 0 saturated carbocycles. The summed E-state index contributed by atoms with van der Waals surface area (Å²) < 4.78 is 0. The van der Waals surface area contributed by atoms with E-state index in [4.69, 9.17) is 0 Å². The third kappa shape index (κ3) is 2.69. The van der Waals surface area contributed by atoms with Crippen LogP contribution in [0.1, 0.15) is 37.2 Å². The lowest BCUT2D eigenvalue weighted by Gasteiger charge is -2.48. The van der Waals surface area contributed by atoms with Gasteiger partial charge in [0.15, 0.2) is 0 Å². The number of carbonyl (C=O) groups is 2. The molecule has 0 radical (unpaired) electrons. The number of amides is 2. The second-order valence-electron chi connectivity index (χ2n) is 6.91. The molecule has 1 atom stereocenters. The van der Waals surface area contributed by atoms with Crippen molar-refractivity contribution < 1.29 is 9.59 Å². The third-order valence-corrected chi connectivity index (χ3v) is 5.41. The minimum absolute atomic E-state index is 0.198. The number of rotatable bonds is 2. The molecule has 23 heavy (non-hydrogen) atoms.